The lowest BCUT2D eigenvalue weighted by atomic mass is 10.2. The molecule has 0 amide bonds. The smallest absolute Gasteiger partial charge is 0.256 e. The molecule has 0 aliphatic carbocycles. The van der Waals surface area contributed by atoms with Crippen LogP contribution in [0.3, 0.4) is 0 Å². The molecular formula is C23H23N3O2S. The fraction of sp³-hybridized carbons (Fsp3) is 0.217. The first-order valence-electron chi connectivity index (χ1n) is 9.51. The van der Waals surface area contributed by atoms with Crippen LogP contribution in [-0.2, 0) is 13.2 Å². The highest BCUT2D eigenvalue weighted by atomic mass is 32.2. The maximum absolute atomic E-state index is 12.9. The van der Waals surface area contributed by atoms with E-state index in [0.29, 0.717) is 12.4 Å². The average Bonchev–Trinajstić information content (AvgIpc) is 3.02. The van der Waals surface area contributed by atoms with Crippen molar-refractivity contribution < 1.29 is 4.74 Å². The van der Waals surface area contributed by atoms with Crippen LogP contribution in [0.15, 0.2) is 88.5 Å². The first-order valence-corrected chi connectivity index (χ1v) is 10.4. The Morgan fingerprint density at radius 3 is 2.59 bits per heavy atom. The molecule has 0 radical (unpaired) electrons. The van der Waals surface area contributed by atoms with Crippen LogP contribution in [0, 0.1) is 0 Å². The van der Waals surface area contributed by atoms with Gasteiger partial charge in [0.05, 0.1) is 5.69 Å². The number of hydrogen-bond donors (Lipinski definition) is 0. The summed E-state index contributed by atoms with van der Waals surface area (Å²) in [7, 11) is 0. The average molecular weight is 406 g/mol. The first-order chi connectivity index (χ1) is 14.1. The van der Waals surface area contributed by atoms with Crippen molar-refractivity contribution >= 4 is 11.8 Å². The van der Waals surface area contributed by atoms with Crippen LogP contribution in [0.1, 0.15) is 30.6 Å². The van der Waals surface area contributed by atoms with Crippen LogP contribution in [0.4, 0.5) is 0 Å². The molecule has 1 atom stereocenters. The van der Waals surface area contributed by atoms with Gasteiger partial charge in [-0.05, 0) is 37.6 Å². The highest BCUT2D eigenvalue weighted by Crippen LogP contribution is 2.44. The van der Waals surface area contributed by atoms with E-state index in [0.717, 1.165) is 12.2 Å². The SMILES string of the molecule is CC1=C(C)N(Cc2ccccc2)C(n2ccc(OCc3ccccn3)cc2=O)S1. The summed E-state index contributed by atoms with van der Waals surface area (Å²) in [5.74, 6) is 0.552. The standard InChI is InChI=1S/C23H23N3O2S/c1-17-18(2)29-23(26(17)15-19-8-4-3-5-9-19)25-13-11-21(14-22(25)27)28-16-20-10-6-7-12-24-20/h3-14,23H,15-16H2,1-2H3. The number of allylic oxidation sites excluding steroid dienone is 2. The number of rotatable bonds is 6. The number of benzene rings is 1. The van der Waals surface area contributed by atoms with Crippen molar-refractivity contribution in [2.75, 3.05) is 0 Å². The van der Waals surface area contributed by atoms with E-state index in [9.17, 15) is 4.79 Å². The predicted molar refractivity (Wildman–Crippen MR) is 116 cm³/mol. The van der Waals surface area contributed by atoms with Gasteiger partial charge < -0.3 is 9.64 Å². The Morgan fingerprint density at radius 1 is 1.07 bits per heavy atom. The molecule has 1 aromatic carbocycles. The molecule has 0 spiro atoms. The number of hydrogen-bond acceptors (Lipinski definition) is 5. The number of nitrogens with zero attached hydrogens (tertiary/aromatic N) is 3. The van der Waals surface area contributed by atoms with Gasteiger partial charge in [-0.1, -0.05) is 48.2 Å². The molecule has 4 rings (SSSR count). The maximum Gasteiger partial charge on any atom is 0.256 e. The summed E-state index contributed by atoms with van der Waals surface area (Å²) in [5, 5.41) is 0. The van der Waals surface area contributed by atoms with Crippen molar-refractivity contribution in [2.24, 2.45) is 0 Å². The lowest BCUT2D eigenvalue weighted by molar-refractivity contribution is 0.261. The molecule has 3 aromatic rings. The maximum atomic E-state index is 12.9. The lowest BCUT2D eigenvalue weighted by Crippen LogP contribution is -2.32. The Labute approximate surface area is 174 Å². The van der Waals surface area contributed by atoms with Gasteiger partial charge in [-0.2, -0.15) is 0 Å². The van der Waals surface area contributed by atoms with Gasteiger partial charge in [0.15, 0.2) is 5.50 Å². The normalized spacial score (nSPS) is 16.3. The van der Waals surface area contributed by atoms with Gasteiger partial charge in [-0.15, -0.1) is 0 Å². The quantitative estimate of drug-likeness (QED) is 0.591. The van der Waals surface area contributed by atoms with Crippen molar-refractivity contribution in [3.8, 4) is 5.75 Å². The molecular weight excluding hydrogens is 382 g/mol. The molecule has 0 saturated carbocycles. The molecule has 148 valence electrons. The summed E-state index contributed by atoms with van der Waals surface area (Å²) in [6, 6.07) is 19.4. The second kappa shape index (κ2) is 8.57. The Bertz CT molecular complexity index is 1060. The second-order valence-electron chi connectivity index (χ2n) is 6.92. The van der Waals surface area contributed by atoms with E-state index in [1.807, 2.05) is 48.7 Å². The highest BCUT2D eigenvalue weighted by molar-refractivity contribution is 8.03. The largest absolute Gasteiger partial charge is 0.487 e. The summed E-state index contributed by atoms with van der Waals surface area (Å²) >= 11 is 1.70. The summed E-state index contributed by atoms with van der Waals surface area (Å²) in [6.45, 7) is 5.31. The van der Waals surface area contributed by atoms with Gasteiger partial charge in [-0.3, -0.25) is 14.3 Å². The molecule has 6 heteroatoms. The van der Waals surface area contributed by atoms with Crippen molar-refractivity contribution in [2.45, 2.75) is 32.5 Å². The fourth-order valence-electron chi connectivity index (χ4n) is 3.24. The van der Waals surface area contributed by atoms with E-state index in [-0.39, 0.29) is 11.1 Å². The van der Waals surface area contributed by atoms with E-state index in [2.05, 4.69) is 35.9 Å². The number of pyridine rings is 2. The molecule has 0 bridgehead atoms. The molecule has 5 nitrogen and oxygen atoms in total. The van der Waals surface area contributed by atoms with E-state index in [1.165, 1.54) is 16.2 Å². The second-order valence-corrected chi connectivity index (χ2v) is 8.19. The molecule has 1 aliphatic heterocycles. The highest BCUT2D eigenvalue weighted by Gasteiger charge is 2.30. The Hall–Kier alpha value is -2.99. The Balaban J connectivity index is 1.53. The van der Waals surface area contributed by atoms with E-state index < -0.39 is 0 Å². The molecule has 0 fully saturated rings. The lowest BCUT2D eigenvalue weighted by Gasteiger charge is -2.29. The third-order valence-electron chi connectivity index (χ3n) is 4.96. The van der Waals surface area contributed by atoms with Gasteiger partial charge in [0.2, 0.25) is 0 Å². The number of ether oxygens (including phenoxy) is 1. The fourth-order valence-corrected chi connectivity index (χ4v) is 4.49. The van der Waals surface area contributed by atoms with Crippen LogP contribution in [-0.4, -0.2) is 14.5 Å². The topological polar surface area (TPSA) is 47.4 Å². The molecule has 3 heterocycles. The van der Waals surface area contributed by atoms with Crippen LogP contribution < -0.4 is 10.3 Å². The van der Waals surface area contributed by atoms with E-state index in [4.69, 9.17) is 4.74 Å². The molecule has 1 unspecified atom stereocenters. The van der Waals surface area contributed by atoms with Crippen molar-refractivity contribution in [1.82, 2.24) is 14.5 Å². The first kappa shape index (κ1) is 19.3. The zero-order valence-electron chi connectivity index (χ0n) is 16.5. The van der Waals surface area contributed by atoms with Gasteiger partial charge in [0, 0.05) is 35.6 Å². The summed E-state index contributed by atoms with van der Waals surface area (Å²) < 4.78 is 7.51. The van der Waals surface area contributed by atoms with Gasteiger partial charge >= 0.3 is 0 Å². The zero-order chi connectivity index (χ0) is 20.2. The van der Waals surface area contributed by atoms with Crippen LogP contribution in [0.25, 0.3) is 0 Å². The summed E-state index contributed by atoms with van der Waals surface area (Å²) in [4.78, 5) is 20.6. The van der Waals surface area contributed by atoms with Crippen molar-refractivity contribution in [3.05, 3.63) is 105 Å². The third kappa shape index (κ3) is 4.38. The Morgan fingerprint density at radius 2 is 1.86 bits per heavy atom. The third-order valence-corrected chi connectivity index (χ3v) is 6.30. The van der Waals surface area contributed by atoms with Gasteiger partial charge in [0.1, 0.15) is 12.4 Å². The summed E-state index contributed by atoms with van der Waals surface area (Å²) in [6.07, 6.45) is 3.55. The molecule has 2 aromatic heterocycles. The molecule has 0 saturated heterocycles. The van der Waals surface area contributed by atoms with Gasteiger partial charge in [-0.25, -0.2) is 0 Å². The van der Waals surface area contributed by atoms with Crippen LogP contribution in [0.2, 0.25) is 0 Å². The summed E-state index contributed by atoms with van der Waals surface area (Å²) in [5.41, 5.74) is 3.06. The number of thioether (sulfide) groups is 1. The number of aromatic nitrogens is 2. The van der Waals surface area contributed by atoms with Crippen molar-refractivity contribution in [1.29, 1.82) is 0 Å². The minimum Gasteiger partial charge on any atom is -0.487 e. The Kier molecular flexibility index (Phi) is 5.71. The monoisotopic (exact) mass is 405 g/mol. The molecule has 1 aliphatic rings. The molecule has 29 heavy (non-hydrogen) atoms. The molecule has 0 N–H and O–H groups in total. The minimum atomic E-state index is -0.104. The van der Waals surface area contributed by atoms with Gasteiger partial charge in [0.25, 0.3) is 5.56 Å². The van der Waals surface area contributed by atoms with E-state index in [1.54, 1.807) is 28.6 Å². The van der Waals surface area contributed by atoms with Crippen LogP contribution in [0.5, 0.6) is 5.75 Å². The predicted octanol–water partition coefficient (Wildman–Crippen LogP) is 4.78. The van der Waals surface area contributed by atoms with Crippen LogP contribution >= 0.6 is 11.8 Å². The minimum absolute atomic E-state index is 0.0819. The van der Waals surface area contributed by atoms with E-state index >= 15 is 0 Å². The zero-order valence-corrected chi connectivity index (χ0v) is 17.3. The van der Waals surface area contributed by atoms with Crippen molar-refractivity contribution in [3.63, 3.8) is 0 Å².